The lowest BCUT2D eigenvalue weighted by molar-refractivity contribution is -0.137. The fraction of sp³-hybridized carbons (Fsp3) is 0.353. The molecule has 2 rings (SSSR count). The topological polar surface area (TPSA) is 116 Å². The van der Waals surface area contributed by atoms with E-state index in [0.717, 1.165) is 0 Å². The van der Waals surface area contributed by atoms with Crippen LogP contribution in [0.25, 0.3) is 0 Å². The molecule has 0 fully saturated rings. The summed E-state index contributed by atoms with van der Waals surface area (Å²) in [4.78, 5) is 7.53. The van der Waals surface area contributed by atoms with Crippen molar-refractivity contribution in [1.29, 1.82) is 0 Å². The number of aliphatic hydroxyl groups is 1. The second kappa shape index (κ2) is 9.82. The predicted octanol–water partition coefficient (Wildman–Crippen LogP) is 3.83. The molecule has 1 aromatic carbocycles. The van der Waals surface area contributed by atoms with E-state index in [1.165, 1.54) is 42.2 Å². The summed E-state index contributed by atoms with van der Waals surface area (Å²) in [5.41, 5.74) is -6.38. The Labute approximate surface area is 187 Å². The first kappa shape index (κ1) is 26.8. The molecule has 3 atom stereocenters. The number of aromatic nitrogens is 2. The molecule has 16 heteroatoms. The van der Waals surface area contributed by atoms with E-state index in [1.54, 1.807) is 0 Å². The van der Waals surface area contributed by atoms with Gasteiger partial charge in [-0.05, 0) is 38.1 Å². The summed E-state index contributed by atoms with van der Waals surface area (Å²) in [5.74, 6) is 2.57. The monoisotopic (exact) mass is 519 g/mol. The summed E-state index contributed by atoms with van der Waals surface area (Å²) < 4.78 is 101. The molecule has 0 aliphatic heterocycles. The van der Waals surface area contributed by atoms with Crippen molar-refractivity contribution >= 4 is 44.0 Å². The van der Waals surface area contributed by atoms with Crippen LogP contribution in [0.1, 0.15) is 19.4 Å². The zero-order valence-corrected chi connectivity index (χ0v) is 18.6. The quantitative estimate of drug-likeness (QED) is 0.309. The van der Waals surface area contributed by atoms with E-state index >= 15 is 0 Å². The fourth-order valence-corrected chi connectivity index (χ4v) is 4.44. The largest absolute Gasteiger partial charge is 0.512 e. The maximum Gasteiger partial charge on any atom is 0.512 e. The van der Waals surface area contributed by atoms with Gasteiger partial charge in [0.2, 0.25) is 5.95 Å². The summed E-state index contributed by atoms with van der Waals surface area (Å²) >= 11 is 0. The van der Waals surface area contributed by atoms with E-state index in [1.807, 2.05) is 0 Å². The van der Waals surface area contributed by atoms with E-state index < -0.39 is 55.9 Å². The van der Waals surface area contributed by atoms with Crippen LogP contribution in [-0.2, 0) is 16.2 Å². The van der Waals surface area contributed by atoms with Gasteiger partial charge < -0.3 is 15.7 Å². The number of anilines is 3. The van der Waals surface area contributed by atoms with Crippen molar-refractivity contribution in [3.8, 4) is 0 Å². The summed E-state index contributed by atoms with van der Waals surface area (Å²) in [6.45, 7) is 2.85. The van der Waals surface area contributed by atoms with E-state index in [9.17, 15) is 39.9 Å². The summed E-state index contributed by atoms with van der Waals surface area (Å²) in [6.07, 6.45) is -5.18. The van der Waals surface area contributed by atoms with Gasteiger partial charge in [-0.2, -0.15) is 35.5 Å². The first-order chi connectivity index (χ1) is 15.0. The molecule has 184 valence electrons. The SMILES string of the molecule is C=S(NS(=O)(=O)C(F)(F)F)c1ccc(Nc2ncc(C(F)(F)F)c(N[C@H](C)[C@@H](C)O)n2)cc1. The van der Waals surface area contributed by atoms with Crippen molar-refractivity contribution in [2.24, 2.45) is 0 Å². The van der Waals surface area contributed by atoms with Gasteiger partial charge in [0.05, 0.1) is 12.1 Å². The lowest BCUT2D eigenvalue weighted by atomic mass is 10.2. The van der Waals surface area contributed by atoms with E-state index in [4.69, 9.17) is 0 Å². The number of alkyl halides is 6. The van der Waals surface area contributed by atoms with Gasteiger partial charge in [-0.3, -0.25) is 0 Å². The molecule has 0 bridgehead atoms. The molecule has 0 aliphatic rings. The van der Waals surface area contributed by atoms with Gasteiger partial charge in [-0.15, -0.1) is 0 Å². The van der Waals surface area contributed by atoms with Crippen LogP contribution in [0, 0.1) is 0 Å². The van der Waals surface area contributed by atoms with Crippen LogP contribution in [0.5, 0.6) is 0 Å². The first-order valence-corrected chi connectivity index (χ1v) is 11.8. The Morgan fingerprint density at radius 2 is 1.67 bits per heavy atom. The van der Waals surface area contributed by atoms with E-state index in [0.29, 0.717) is 6.20 Å². The summed E-state index contributed by atoms with van der Waals surface area (Å²) in [7, 11) is -7.35. The Balaban J connectivity index is 2.23. The van der Waals surface area contributed by atoms with Gasteiger partial charge in [0.1, 0.15) is 11.4 Å². The third kappa shape index (κ3) is 7.02. The van der Waals surface area contributed by atoms with Gasteiger partial charge in [-0.1, -0.05) is 16.5 Å². The van der Waals surface area contributed by atoms with Gasteiger partial charge in [-0.25, -0.2) is 13.4 Å². The van der Waals surface area contributed by atoms with Crippen LogP contribution in [0.3, 0.4) is 0 Å². The number of nitrogens with one attached hydrogen (secondary N) is 3. The number of benzene rings is 1. The number of aliphatic hydroxyl groups excluding tert-OH is 1. The van der Waals surface area contributed by atoms with Crippen molar-refractivity contribution < 1.29 is 39.9 Å². The highest BCUT2D eigenvalue weighted by molar-refractivity contribution is 8.19. The van der Waals surface area contributed by atoms with Crippen LogP contribution in [-0.4, -0.2) is 47.0 Å². The van der Waals surface area contributed by atoms with Crippen LogP contribution in [0.2, 0.25) is 0 Å². The minimum absolute atomic E-state index is 0.120. The third-order valence-corrected chi connectivity index (χ3v) is 7.23. The number of sulfonamides is 1. The van der Waals surface area contributed by atoms with Crippen LogP contribution >= 0.6 is 10.7 Å². The molecule has 0 saturated heterocycles. The molecule has 1 unspecified atom stereocenters. The number of halogens is 6. The Hall–Kier alpha value is -2.43. The van der Waals surface area contributed by atoms with Crippen LogP contribution in [0.4, 0.5) is 43.8 Å². The molecule has 0 saturated carbocycles. The highest BCUT2D eigenvalue weighted by Gasteiger charge is 2.46. The number of hydrogen-bond donors (Lipinski definition) is 4. The Morgan fingerprint density at radius 3 is 2.15 bits per heavy atom. The van der Waals surface area contributed by atoms with Crippen molar-refractivity contribution in [1.82, 2.24) is 14.1 Å². The van der Waals surface area contributed by atoms with Crippen LogP contribution < -0.4 is 14.8 Å². The minimum Gasteiger partial charge on any atom is -0.391 e. The van der Waals surface area contributed by atoms with Crippen molar-refractivity contribution in [2.45, 2.75) is 42.6 Å². The number of nitrogens with zero attached hydrogens (tertiary/aromatic N) is 2. The number of hydrogen-bond acceptors (Lipinski definition) is 7. The highest BCUT2D eigenvalue weighted by Crippen LogP contribution is 2.35. The third-order valence-electron chi connectivity index (χ3n) is 4.09. The Kier molecular flexibility index (Phi) is 7.98. The second-order valence-electron chi connectivity index (χ2n) is 6.70. The van der Waals surface area contributed by atoms with Crippen molar-refractivity contribution in [3.05, 3.63) is 36.0 Å². The average molecular weight is 519 g/mol. The molecule has 33 heavy (non-hydrogen) atoms. The summed E-state index contributed by atoms with van der Waals surface area (Å²) in [5, 5.41) is 14.7. The van der Waals surface area contributed by atoms with E-state index in [-0.39, 0.29) is 16.5 Å². The maximum atomic E-state index is 13.2. The van der Waals surface area contributed by atoms with E-state index in [2.05, 4.69) is 26.5 Å². The Bertz CT molecular complexity index is 1110. The van der Waals surface area contributed by atoms with Gasteiger partial charge in [0, 0.05) is 16.8 Å². The molecule has 2 aromatic rings. The van der Waals surface area contributed by atoms with Gasteiger partial charge >= 0.3 is 21.7 Å². The zero-order chi connectivity index (χ0) is 25.2. The molecular formula is C17H19F6N5O3S2. The molecule has 8 nitrogen and oxygen atoms in total. The molecule has 0 aliphatic carbocycles. The van der Waals surface area contributed by atoms with Gasteiger partial charge in [0.25, 0.3) is 0 Å². The average Bonchev–Trinajstić information content (AvgIpc) is 2.66. The van der Waals surface area contributed by atoms with Crippen molar-refractivity contribution in [3.63, 3.8) is 0 Å². The first-order valence-electron chi connectivity index (χ1n) is 8.90. The fourth-order valence-electron chi connectivity index (χ4n) is 2.16. The Morgan fingerprint density at radius 1 is 1.09 bits per heavy atom. The van der Waals surface area contributed by atoms with Crippen molar-refractivity contribution in [2.75, 3.05) is 10.6 Å². The molecule has 1 aromatic heterocycles. The van der Waals surface area contributed by atoms with Crippen LogP contribution in [0.15, 0.2) is 35.4 Å². The second-order valence-corrected chi connectivity index (χ2v) is 10.1. The molecule has 0 spiro atoms. The number of rotatable bonds is 8. The molecule has 4 N–H and O–H groups in total. The summed E-state index contributed by atoms with van der Waals surface area (Å²) in [6, 6.07) is 4.44. The minimum atomic E-state index is -5.59. The smallest absolute Gasteiger partial charge is 0.391 e. The molecule has 0 radical (unpaired) electrons. The lowest BCUT2D eigenvalue weighted by Gasteiger charge is -2.20. The van der Waals surface area contributed by atoms with Gasteiger partial charge in [0.15, 0.2) is 0 Å². The maximum absolute atomic E-state index is 13.2. The predicted molar refractivity (Wildman–Crippen MR) is 113 cm³/mol. The normalized spacial score (nSPS) is 15.5. The molecule has 1 heterocycles. The zero-order valence-electron chi connectivity index (χ0n) is 17.0. The standard InChI is InChI=1S/C17H19F6N5O3S2/c1-9(10(2)29)25-14-13(16(18,19)20)8-24-15(27-14)26-11-4-6-12(7-5-11)32(3)28-33(30,31)17(21,22)23/h4-10,28-29H,3H2,1-2H3,(H2,24,25,26,27)/t9-,10-,32?/m1/s1. The molecule has 0 amide bonds. The lowest BCUT2D eigenvalue weighted by Crippen LogP contribution is -2.33. The molecular weight excluding hydrogens is 500 g/mol. The highest BCUT2D eigenvalue weighted by atomic mass is 32.3.